The minimum absolute atomic E-state index is 1.15. The summed E-state index contributed by atoms with van der Waals surface area (Å²) < 4.78 is 1.15. The lowest BCUT2D eigenvalue weighted by Gasteiger charge is -2.31. The van der Waals surface area contributed by atoms with E-state index in [2.05, 4.69) is 52.1 Å². The van der Waals surface area contributed by atoms with Crippen LogP contribution in [0.2, 0.25) is 0 Å². The Kier molecular flexibility index (Phi) is 3.08. The molecule has 3 heteroatoms. The van der Waals surface area contributed by atoms with Gasteiger partial charge in [0, 0.05) is 10.2 Å². The molecule has 2 nitrogen and oxygen atoms in total. The Morgan fingerprint density at radius 3 is 2.29 bits per heavy atom. The highest BCUT2D eigenvalue weighted by atomic mass is 79.9. The number of quaternary nitrogens is 1. The third kappa shape index (κ3) is 2.28. The number of halogens is 1. The van der Waals surface area contributed by atoms with E-state index in [1.54, 1.807) is 4.90 Å². The average Bonchev–Trinajstić information content (AvgIpc) is 2.21. The number of benzene rings is 1. The second kappa shape index (κ2) is 4.32. The van der Waals surface area contributed by atoms with E-state index in [0.29, 0.717) is 0 Å². The van der Waals surface area contributed by atoms with E-state index >= 15 is 0 Å². The molecule has 0 radical (unpaired) electrons. The number of nitrogens with one attached hydrogen (secondary N) is 1. The summed E-state index contributed by atoms with van der Waals surface area (Å²) in [5.41, 5.74) is 1.35. The Morgan fingerprint density at radius 1 is 1.14 bits per heavy atom. The molecule has 1 aliphatic heterocycles. The molecule has 0 unspecified atom stereocenters. The molecular formula is C11H16BrN2+. The molecule has 0 aliphatic carbocycles. The third-order valence-corrected chi connectivity index (χ3v) is 3.34. The van der Waals surface area contributed by atoms with E-state index in [9.17, 15) is 0 Å². The van der Waals surface area contributed by atoms with Gasteiger partial charge in [0.05, 0.1) is 33.2 Å². The first-order chi connectivity index (χ1) is 6.75. The van der Waals surface area contributed by atoms with Crippen molar-refractivity contribution in [1.82, 2.24) is 0 Å². The third-order valence-electron chi connectivity index (χ3n) is 2.81. The van der Waals surface area contributed by atoms with Gasteiger partial charge in [-0.25, -0.2) is 0 Å². The fourth-order valence-electron chi connectivity index (χ4n) is 1.80. The van der Waals surface area contributed by atoms with Crippen LogP contribution in [-0.2, 0) is 0 Å². The predicted molar refractivity (Wildman–Crippen MR) is 63.0 cm³/mol. The van der Waals surface area contributed by atoms with Gasteiger partial charge < -0.3 is 9.80 Å². The molecule has 0 saturated carbocycles. The van der Waals surface area contributed by atoms with Crippen molar-refractivity contribution in [1.29, 1.82) is 0 Å². The normalized spacial score (nSPS) is 18.6. The maximum Gasteiger partial charge on any atom is 0.0947 e. The topological polar surface area (TPSA) is 7.68 Å². The summed E-state index contributed by atoms with van der Waals surface area (Å²) in [5, 5.41) is 0. The maximum atomic E-state index is 3.46. The summed E-state index contributed by atoms with van der Waals surface area (Å²) in [6.45, 7) is 4.84. The highest BCUT2D eigenvalue weighted by molar-refractivity contribution is 9.10. The molecule has 1 aliphatic rings. The standard InChI is InChI=1S/C11H15BrN2/c1-13-6-8-14(9-7-13)11-4-2-10(12)3-5-11/h2-5H,6-9H2,1H3/p+1. The van der Waals surface area contributed by atoms with E-state index in [1.807, 2.05) is 0 Å². The predicted octanol–water partition coefficient (Wildman–Crippen LogP) is 0.784. The van der Waals surface area contributed by atoms with Crippen molar-refractivity contribution in [2.75, 3.05) is 38.1 Å². The number of hydrogen-bond donors (Lipinski definition) is 1. The van der Waals surface area contributed by atoms with Crippen LogP contribution in [0, 0.1) is 0 Å². The van der Waals surface area contributed by atoms with Crippen LogP contribution in [0.1, 0.15) is 0 Å². The highest BCUT2D eigenvalue weighted by Crippen LogP contribution is 2.17. The van der Waals surface area contributed by atoms with Crippen molar-refractivity contribution in [3.8, 4) is 0 Å². The Morgan fingerprint density at radius 2 is 1.71 bits per heavy atom. The van der Waals surface area contributed by atoms with E-state index in [4.69, 9.17) is 0 Å². The number of nitrogens with zero attached hydrogens (tertiary/aromatic N) is 1. The summed E-state index contributed by atoms with van der Waals surface area (Å²) >= 11 is 3.46. The van der Waals surface area contributed by atoms with Gasteiger partial charge in [-0.2, -0.15) is 0 Å². The van der Waals surface area contributed by atoms with Crippen molar-refractivity contribution >= 4 is 21.6 Å². The molecule has 1 heterocycles. The molecule has 1 aromatic carbocycles. The smallest absolute Gasteiger partial charge is 0.0947 e. The Balaban J connectivity index is 2.05. The fraction of sp³-hybridized carbons (Fsp3) is 0.455. The van der Waals surface area contributed by atoms with Crippen molar-refractivity contribution in [2.24, 2.45) is 0 Å². The summed E-state index contributed by atoms with van der Waals surface area (Å²) in [7, 11) is 2.26. The van der Waals surface area contributed by atoms with Gasteiger partial charge in [0.25, 0.3) is 0 Å². The van der Waals surface area contributed by atoms with E-state index in [-0.39, 0.29) is 0 Å². The molecule has 0 spiro atoms. The van der Waals surface area contributed by atoms with Crippen LogP contribution in [0.15, 0.2) is 28.7 Å². The number of rotatable bonds is 1. The molecule has 0 bridgehead atoms. The van der Waals surface area contributed by atoms with Crippen LogP contribution in [0.4, 0.5) is 5.69 Å². The molecule has 14 heavy (non-hydrogen) atoms. The summed E-state index contributed by atoms with van der Waals surface area (Å²) in [4.78, 5) is 4.10. The highest BCUT2D eigenvalue weighted by Gasteiger charge is 2.16. The minimum atomic E-state index is 1.15. The molecule has 0 atom stereocenters. The van der Waals surface area contributed by atoms with E-state index < -0.39 is 0 Å². The van der Waals surface area contributed by atoms with Crippen molar-refractivity contribution in [3.63, 3.8) is 0 Å². The van der Waals surface area contributed by atoms with Gasteiger partial charge in [-0.05, 0) is 24.3 Å². The van der Waals surface area contributed by atoms with Gasteiger partial charge in [0.15, 0.2) is 0 Å². The summed E-state index contributed by atoms with van der Waals surface area (Å²) in [6, 6.07) is 8.59. The van der Waals surface area contributed by atoms with Gasteiger partial charge >= 0.3 is 0 Å². The molecule has 1 fully saturated rings. The second-order valence-electron chi connectivity index (χ2n) is 3.92. The summed E-state index contributed by atoms with van der Waals surface area (Å²) in [5.74, 6) is 0. The Bertz CT molecular complexity index is 289. The van der Waals surface area contributed by atoms with Gasteiger partial charge in [0.1, 0.15) is 0 Å². The number of likely N-dealkylation sites (N-methyl/N-ethyl adjacent to an activating group) is 1. The average molecular weight is 256 g/mol. The Hall–Kier alpha value is -0.540. The fourth-order valence-corrected chi connectivity index (χ4v) is 2.06. The molecule has 1 aromatic rings. The quantitative estimate of drug-likeness (QED) is 0.780. The molecule has 2 rings (SSSR count). The zero-order chi connectivity index (χ0) is 9.97. The molecule has 76 valence electrons. The van der Waals surface area contributed by atoms with Crippen LogP contribution in [-0.4, -0.2) is 33.2 Å². The Labute approximate surface area is 93.6 Å². The number of anilines is 1. The monoisotopic (exact) mass is 255 g/mol. The lowest BCUT2D eigenvalue weighted by atomic mass is 10.2. The molecule has 0 amide bonds. The second-order valence-corrected chi connectivity index (χ2v) is 4.84. The van der Waals surface area contributed by atoms with Gasteiger partial charge in [-0.15, -0.1) is 0 Å². The van der Waals surface area contributed by atoms with Gasteiger partial charge in [0.2, 0.25) is 0 Å². The molecule has 1 saturated heterocycles. The largest absolute Gasteiger partial charge is 0.360 e. The van der Waals surface area contributed by atoms with Crippen LogP contribution < -0.4 is 9.80 Å². The molecule has 0 aromatic heterocycles. The van der Waals surface area contributed by atoms with Crippen molar-refractivity contribution < 1.29 is 4.90 Å². The number of hydrogen-bond acceptors (Lipinski definition) is 1. The van der Waals surface area contributed by atoms with Crippen LogP contribution >= 0.6 is 15.9 Å². The lowest BCUT2D eigenvalue weighted by Crippen LogP contribution is -3.12. The van der Waals surface area contributed by atoms with E-state index in [1.165, 1.54) is 31.9 Å². The maximum absolute atomic E-state index is 3.46. The lowest BCUT2D eigenvalue weighted by molar-refractivity contribution is -0.880. The van der Waals surface area contributed by atoms with Crippen LogP contribution in [0.3, 0.4) is 0 Å². The number of piperazine rings is 1. The zero-order valence-electron chi connectivity index (χ0n) is 8.46. The minimum Gasteiger partial charge on any atom is -0.360 e. The molecule has 1 N–H and O–H groups in total. The molecular weight excluding hydrogens is 240 g/mol. The van der Waals surface area contributed by atoms with Crippen molar-refractivity contribution in [2.45, 2.75) is 0 Å². The van der Waals surface area contributed by atoms with Gasteiger partial charge in [-0.3, -0.25) is 0 Å². The van der Waals surface area contributed by atoms with Gasteiger partial charge in [-0.1, -0.05) is 15.9 Å². The van der Waals surface area contributed by atoms with Crippen molar-refractivity contribution in [3.05, 3.63) is 28.7 Å². The first kappa shape index (κ1) is 9.99. The van der Waals surface area contributed by atoms with Crippen LogP contribution in [0.5, 0.6) is 0 Å². The first-order valence-corrected chi connectivity index (χ1v) is 5.87. The zero-order valence-corrected chi connectivity index (χ0v) is 10.0. The van der Waals surface area contributed by atoms with Crippen LogP contribution in [0.25, 0.3) is 0 Å². The first-order valence-electron chi connectivity index (χ1n) is 5.07. The van der Waals surface area contributed by atoms with E-state index in [0.717, 1.165) is 4.47 Å². The SMILES string of the molecule is C[NH+]1CCN(c2ccc(Br)cc2)CC1. The summed E-state index contributed by atoms with van der Waals surface area (Å²) in [6.07, 6.45) is 0.